The Hall–Kier alpha value is -2.45. The van der Waals surface area contributed by atoms with Crippen molar-refractivity contribution in [1.29, 1.82) is 0 Å². The number of hydrogen-bond donors (Lipinski definition) is 2. The Kier molecular flexibility index (Phi) is 5.00. The minimum absolute atomic E-state index is 0.0632. The largest absolute Gasteiger partial charge is 0.325 e. The fraction of sp³-hybridized carbons (Fsp3) is 0.176. The third-order valence-electron chi connectivity index (χ3n) is 3.50. The highest BCUT2D eigenvalue weighted by Crippen LogP contribution is 2.22. The van der Waals surface area contributed by atoms with Crippen LogP contribution in [0.4, 0.5) is 5.69 Å². The lowest BCUT2D eigenvalue weighted by atomic mass is 10.1. The van der Waals surface area contributed by atoms with E-state index in [1.807, 2.05) is 12.3 Å². The maximum absolute atomic E-state index is 12.1. The van der Waals surface area contributed by atoms with E-state index in [0.717, 1.165) is 17.3 Å². The number of rotatable bonds is 5. The summed E-state index contributed by atoms with van der Waals surface area (Å²) in [6, 6.07) is 6.76. The van der Waals surface area contributed by atoms with Gasteiger partial charge in [-0.2, -0.15) is 0 Å². The quantitative estimate of drug-likeness (QED) is 0.407. The molecule has 3 rings (SSSR count). The topological polar surface area (TPSA) is 91.9 Å². The van der Waals surface area contributed by atoms with Crippen molar-refractivity contribution in [3.05, 3.63) is 51.1 Å². The van der Waals surface area contributed by atoms with Gasteiger partial charge in [0.25, 0.3) is 5.56 Å². The molecule has 0 atom stereocenters. The maximum Gasteiger partial charge on any atom is 0.260 e. The van der Waals surface area contributed by atoms with E-state index < -0.39 is 0 Å². The zero-order chi connectivity index (χ0) is 18.0. The Labute approximate surface area is 151 Å². The number of anilines is 1. The number of carbonyl (C=O) groups excluding carboxylic acids is 2. The second-order valence-corrected chi connectivity index (χ2v) is 7.27. The van der Waals surface area contributed by atoms with Crippen molar-refractivity contribution >= 4 is 50.7 Å². The Bertz CT molecular complexity index is 1020. The third kappa shape index (κ3) is 3.97. The molecule has 0 bridgehead atoms. The van der Waals surface area contributed by atoms with Crippen molar-refractivity contribution in [1.82, 2.24) is 9.97 Å². The van der Waals surface area contributed by atoms with Gasteiger partial charge in [-0.3, -0.25) is 14.4 Å². The van der Waals surface area contributed by atoms with Crippen molar-refractivity contribution in [2.24, 2.45) is 0 Å². The number of fused-ring (bicyclic) bond motifs is 1. The lowest BCUT2D eigenvalue weighted by Gasteiger charge is -2.06. The van der Waals surface area contributed by atoms with Crippen molar-refractivity contribution < 1.29 is 9.59 Å². The van der Waals surface area contributed by atoms with Gasteiger partial charge in [0.1, 0.15) is 4.83 Å². The number of aryl methyl sites for hydroxylation is 1. The predicted octanol–water partition coefficient (Wildman–Crippen LogP) is 3.23. The average molecular weight is 373 g/mol. The van der Waals surface area contributed by atoms with Crippen molar-refractivity contribution in [3.63, 3.8) is 0 Å². The molecule has 2 N–H and O–H groups in total. The van der Waals surface area contributed by atoms with Crippen LogP contribution < -0.4 is 10.9 Å². The molecule has 0 aliphatic heterocycles. The number of thioether (sulfide) groups is 1. The first-order valence-electron chi connectivity index (χ1n) is 7.46. The van der Waals surface area contributed by atoms with Crippen LogP contribution in [0.15, 0.2) is 39.6 Å². The van der Waals surface area contributed by atoms with Crippen molar-refractivity contribution in [2.45, 2.75) is 19.0 Å². The Morgan fingerprint density at radius 1 is 1.36 bits per heavy atom. The van der Waals surface area contributed by atoms with Gasteiger partial charge in [-0.05, 0) is 36.9 Å². The van der Waals surface area contributed by atoms with Crippen LogP contribution in [0.25, 0.3) is 10.2 Å². The molecule has 8 heteroatoms. The van der Waals surface area contributed by atoms with E-state index in [4.69, 9.17) is 0 Å². The Balaban J connectivity index is 1.67. The molecule has 3 aromatic rings. The average Bonchev–Trinajstić information content (AvgIpc) is 2.95. The summed E-state index contributed by atoms with van der Waals surface area (Å²) >= 11 is 2.56. The monoisotopic (exact) mass is 373 g/mol. The fourth-order valence-electron chi connectivity index (χ4n) is 2.28. The van der Waals surface area contributed by atoms with Crippen LogP contribution in [0.5, 0.6) is 0 Å². The standard InChI is InChI=1S/C17H15N3O3S2/c1-9-7-24-16-14(9)15(23)19-17(20-16)25-8-13(22)18-12-5-3-4-11(6-12)10(2)21/h3-7H,8H2,1-2H3,(H,18,22)(H,19,20,23). The summed E-state index contributed by atoms with van der Waals surface area (Å²) in [6.07, 6.45) is 0. The van der Waals surface area contributed by atoms with E-state index in [0.29, 0.717) is 26.6 Å². The Morgan fingerprint density at radius 3 is 2.92 bits per heavy atom. The number of H-pyrrole nitrogens is 1. The molecule has 0 aliphatic rings. The molecule has 6 nitrogen and oxygen atoms in total. The van der Waals surface area contributed by atoms with Crippen LogP contribution in [-0.2, 0) is 4.79 Å². The number of carbonyl (C=O) groups is 2. The minimum atomic E-state index is -0.240. The lowest BCUT2D eigenvalue weighted by Crippen LogP contribution is -2.15. The number of nitrogens with one attached hydrogen (secondary N) is 2. The van der Waals surface area contributed by atoms with Crippen LogP contribution in [0.2, 0.25) is 0 Å². The van der Waals surface area contributed by atoms with Crippen LogP contribution in [0.1, 0.15) is 22.8 Å². The molecule has 1 amide bonds. The van der Waals surface area contributed by atoms with E-state index >= 15 is 0 Å². The van der Waals surface area contributed by atoms with Gasteiger partial charge in [0.2, 0.25) is 5.91 Å². The number of thiophene rings is 1. The number of amides is 1. The summed E-state index contributed by atoms with van der Waals surface area (Å²) in [7, 11) is 0. The summed E-state index contributed by atoms with van der Waals surface area (Å²) in [5.74, 6) is -0.203. The first-order valence-corrected chi connectivity index (χ1v) is 9.32. The molecule has 0 aliphatic carbocycles. The molecular formula is C17H15N3O3S2. The molecule has 0 saturated carbocycles. The smallest absolute Gasteiger partial charge is 0.260 e. The number of Topliss-reactive ketones (excluding diaryl/α,β-unsaturated/α-hetero) is 1. The van der Waals surface area contributed by atoms with Gasteiger partial charge in [0.15, 0.2) is 10.9 Å². The first kappa shape index (κ1) is 17.4. The zero-order valence-corrected chi connectivity index (χ0v) is 15.2. The first-order chi connectivity index (χ1) is 11.9. The molecule has 0 fully saturated rings. The maximum atomic E-state index is 12.1. The molecular weight excluding hydrogens is 358 g/mol. The number of hydrogen-bond acceptors (Lipinski definition) is 6. The summed E-state index contributed by atoms with van der Waals surface area (Å²) < 4.78 is 0. The van der Waals surface area contributed by atoms with Crippen molar-refractivity contribution in [2.75, 3.05) is 11.1 Å². The normalized spacial score (nSPS) is 10.8. The van der Waals surface area contributed by atoms with E-state index in [2.05, 4.69) is 15.3 Å². The van der Waals surface area contributed by atoms with Gasteiger partial charge < -0.3 is 10.3 Å². The molecule has 1 aromatic carbocycles. The summed E-state index contributed by atoms with van der Waals surface area (Å²) in [5.41, 5.74) is 1.80. The van der Waals surface area contributed by atoms with Gasteiger partial charge in [-0.1, -0.05) is 23.9 Å². The second kappa shape index (κ2) is 7.20. The van der Waals surface area contributed by atoms with Crippen LogP contribution >= 0.6 is 23.1 Å². The lowest BCUT2D eigenvalue weighted by molar-refractivity contribution is -0.113. The van der Waals surface area contributed by atoms with Crippen LogP contribution in [0.3, 0.4) is 0 Å². The van der Waals surface area contributed by atoms with E-state index in [-0.39, 0.29) is 23.0 Å². The van der Waals surface area contributed by atoms with Crippen molar-refractivity contribution in [3.8, 4) is 0 Å². The number of ketones is 1. The molecule has 25 heavy (non-hydrogen) atoms. The molecule has 0 spiro atoms. The summed E-state index contributed by atoms with van der Waals surface area (Å²) in [5, 5.41) is 5.63. The van der Waals surface area contributed by atoms with Gasteiger partial charge in [0, 0.05) is 11.3 Å². The molecule has 0 unspecified atom stereocenters. The van der Waals surface area contributed by atoms with Crippen LogP contribution in [0, 0.1) is 6.92 Å². The van der Waals surface area contributed by atoms with Gasteiger partial charge in [-0.25, -0.2) is 4.98 Å². The zero-order valence-electron chi connectivity index (χ0n) is 13.6. The highest BCUT2D eigenvalue weighted by molar-refractivity contribution is 7.99. The Morgan fingerprint density at radius 2 is 2.16 bits per heavy atom. The van der Waals surface area contributed by atoms with E-state index in [9.17, 15) is 14.4 Å². The second-order valence-electron chi connectivity index (χ2n) is 5.44. The predicted molar refractivity (Wildman–Crippen MR) is 101 cm³/mol. The van der Waals surface area contributed by atoms with Gasteiger partial charge in [0.05, 0.1) is 11.1 Å². The number of aromatic amines is 1. The summed E-state index contributed by atoms with van der Waals surface area (Å²) in [6.45, 7) is 3.34. The summed E-state index contributed by atoms with van der Waals surface area (Å²) in [4.78, 5) is 43.3. The number of aromatic nitrogens is 2. The SMILES string of the molecule is CC(=O)c1cccc(NC(=O)CSc2nc3scc(C)c3c(=O)[nH]2)c1. The third-order valence-corrected chi connectivity index (χ3v) is 5.36. The highest BCUT2D eigenvalue weighted by Gasteiger charge is 2.11. The molecule has 2 heterocycles. The molecule has 0 saturated heterocycles. The number of nitrogens with zero attached hydrogens (tertiary/aromatic N) is 1. The molecule has 128 valence electrons. The number of benzene rings is 1. The minimum Gasteiger partial charge on any atom is -0.325 e. The van der Waals surface area contributed by atoms with Gasteiger partial charge in [-0.15, -0.1) is 11.3 Å². The van der Waals surface area contributed by atoms with E-state index in [1.165, 1.54) is 18.3 Å². The molecule has 0 radical (unpaired) electrons. The fourth-order valence-corrected chi connectivity index (χ4v) is 3.92. The van der Waals surface area contributed by atoms with Gasteiger partial charge >= 0.3 is 0 Å². The highest BCUT2D eigenvalue weighted by atomic mass is 32.2. The van der Waals surface area contributed by atoms with Crippen LogP contribution in [-0.4, -0.2) is 27.4 Å². The van der Waals surface area contributed by atoms with E-state index in [1.54, 1.807) is 24.3 Å². The molecule has 2 aromatic heterocycles.